The number of hydrogen-bond donors (Lipinski definition) is 2. The maximum Gasteiger partial charge on any atom is 0.418 e. The van der Waals surface area contributed by atoms with Gasteiger partial charge in [-0.05, 0) is 18.2 Å². The van der Waals surface area contributed by atoms with E-state index < -0.39 is 23.6 Å². The summed E-state index contributed by atoms with van der Waals surface area (Å²) >= 11 is 0.875. The average molecular weight is 461 g/mol. The number of thioether (sulfide) groups is 1. The SMILES string of the molecule is O=C(O)Cn1c2ccccc2c2nnc(SCC(=O)Nc3ccccc3C(F)(F)F)nc21. The fraction of sp³-hybridized carbons (Fsp3) is 0.150. The molecule has 164 valence electrons. The van der Waals surface area contributed by atoms with Gasteiger partial charge in [0.2, 0.25) is 11.1 Å². The van der Waals surface area contributed by atoms with Gasteiger partial charge in [-0.1, -0.05) is 42.1 Å². The van der Waals surface area contributed by atoms with Crippen molar-refractivity contribution < 1.29 is 27.9 Å². The van der Waals surface area contributed by atoms with Crippen LogP contribution < -0.4 is 5.32 Å². The van der Waals surface area contributed by atoms with E-state index >= 15 is 0 Å². The van der Waals surface area contributed by atoms with Crippen LogP contribution in [0.15, 0.2) is 53.7 Å². The number of hydrogen-bond acceptors (Lipinski definition) is 6. The minimum absolute atomic E-state index is 0.0891. The number of carboxylic acid groups (broad SMARTS) is 1. The highest BCUT2D eigenvalue weighted by Crippen LogP contribution is 2.34. The van der Waals surface area contributed by atoms with Crippen molar-refractivity contribution in [3.63, 3.8) is 0 Å². The van der Waals surface area contributed by atoms with E-state index in [2.05, 4.69) is 20.5 Å². The second kappa shape index (κ2) is 8.46. The molecule has 2 N–H and O–H groups in total. The number of carbonyl (C=O) groups excluding carboxylic acids is 1. The number of benzene rings is 2. The highest BCUT2D eigenvalue weighted by Gasteiger charge is 2.33. The normalized spacial score (nSPS) is 11.7. The summed E-state index contributed by atoms with van der Waals surface area (Å²) in [5, 5.41) is 20.3. The van der Waals surface area contributed by atoms with Gasteiger partial charge < -0.3 is 15.0 Å². The first-order valence-electron chi connectivity index (χ1n) is 9.16. The molecule has 8 nitrogen and oxygen atoms in total. The Labute approximate surface area is 182 Å². The predicted molar refractivity (Wildman–Crippen MR) is 111 cm³/mol. The molecule has 0 spiro atoms. The Morgan fingerprint density at radius 1 is 1.06 bits per heavy atom. The van der Waals surface area contributed by atoms with Crippen LogP contribution in [0.3, 0.4) is 0 Å². The van der Waals surface area contributed by atoms with Gasteiger partial charge in [-0.15, -0.1) is 10.2 Å². The van der Waals surface area contributed by atoms with Crippen LogP contribution in [0.5, 0.6) is 0 Å². The molecule has 2 aromatic carbocycles. The minimum atomic E-state index is -4.60. The van der Waals surface area contributed by atoms with E-state index in [1.165, 1.54) is 22.8 Å². The number of nitrogens with one attached hydrogen (secondary N) is 1. The number of aliphatic carboxylic acids is 1. The van der Waals surface area contributed by atoms with Gasteiger partial charge in [0, 0.05) is 5.39 Å². The number of rotatable bonds is 6. The summed E-state index contributed by atoms with van der Waals surface area (Å²) < 4.78 is 40.7. The summed E-state index contributed by atoms with van der Waals surface area (Å²) in [5.74, 6) is -2.01. The second-order valence-corrected chi connectivity index (χ2v) is 7.59. The van der Waals surface area contributed by atoms with Gasteiger partial charge in [-0.2, -0.15) is 13.2 Å². The number of anilines is 1. The Bertz CT molecular complexity index is 1340. The number of halogens is 3. The minimum Gasteiger partial charge on any atom is -0.480 e. The number of nitrogens with zero attached hydrogens (tertiary/aromatic N) is 4. The molecule has 4 aromatic rings. The van der Waals surface area contributed by atoms with Crippen molar-refractivity contribution >= 4 is 51.4 Å². The van der Waals surface area contributed by atoms with Crippen LogP contribution in [0.1, 0.15) is 5.56 Å². The molecule has 0 atom stereocenters. The van der Waals surface area contributed by atoms with Crippen LogP contribution >= 0.6 is 11.8 Å². The van der Waals surface area contributed by atoms with Crippen molar-refractivity contribution in [3.8, 4) is 0 Å². The molecule has 0 saturated carbocycles. The van der Waals surface area contributed by atoms with E-state index in [-0.39, 0.29) is 28.8 Å². The molecular weight excluding hydrogens is 447 g/mol. The van der Waals surface area contributed by atoms with Crippen molar-refractivity contribution in [2.24, 2.45) is 0 Å². The van der Waals surface area contributed by atoms with E-state index in [0.717, 1.165) is 17.8 Å². The average Bonchev–Trinajstić information content (AvgIpc) is 3.05. The molecule has 0 unspecified atom stereocenters. The number of carbonyl (C=O) groups is 2. The first-order chi connectivity index (χ1) is 15.2. The molecule has 32 heavy (non-hydrogen) atoms. The standard InChI is InChI=1S/C20H14F3N5O3S/c21-20(22,23)12-6-2-3-7-13(12)24-15(29)10-32-19-25-18-17(26-27-19)11-5-1-4-8-14(11)28(18)9-16(30)31/h1-8H,9-10H2,(H,24,29)(H,30,31). The van der Waals surface area contributed by atoms with Crippen LogP contribution in [0, 0.1) is 0 Å². The van der Waals surface area contributed by atoms with Gasteiger partial charge in [0.25, 0.3) is 0 Å². The Morgan fingerprint density at radius 2 is 1.78 bits per heavy atom. The predicted octanol–water partition coefficient (Wildman–Crippen LogP) is 3.81. The molecule has 0 aliphatic heterocycles. The summed E-state index contributed by atoms with van der Waals surface area (Å²) in [6.45, 7) is -0.346. The Balaban J connectivity index is 1.56. The number of fused-ring (bicyclic) bond motifs is 3. The molecule has 2 heterocycles. The Hall–Kier alpha value is -3.67. The Kier molecular flexibility index (Phi) is 5.70. The number of amides is 1. The van der Waals surface area contributed by atoms with Crippen LogP contribution in [-0.2, 0) is 22.3 Å². The lowest BCUT2D eigenvalue weighted by atomic mass is 10.1. The van der Waals surface area contributed by atoms with Crippen molar-refractivity contribution in [2.45, 2.75) is 17.9 Å². The number of carboxylic acids is 1. The van der Waals surface area contributed by atoms with Gasteiger partial charge >= 0.3 is 12.1 Å². The third-order valence-corrected chi connectivity index (χ3v) is 5.32. The van der Waals surface area contributed by atoms with E-state index in [9.17, 15) is 27.9 Å². The van der Waals surface area contributed by atoms with Crippen LogP contribution in [0.4, 0.5) is 18.9 Å². The molecule has 0 aliphatic carbocycles. The molecule has 0 radical (unpaired) electrons. The van der Waals surface area contributed by atoms with Crippen LogP contribution in [-0.4, -0.2) is 42.5 Å². The number of aromatic nitrogens is 4. The van der Waals surface area contributed by atoms with Gasteiger partial charge in [0.15, 0.2) is 5.65 Å². The zero-order valence-electron chi connectivity index (χ0n) is 16.1. The number of para-hydroxylation sites is 2. The molecule has 0 bridgehead atoms. The molecule has 12 heteroatoms. The lowest BCUT2D eigenvalue weighted by Gasteiger charge is -2.13. The van der Waals surface area contributed by atoms with E-state index in [4.69, 9.17) is 0 Å². The monoisotopic (exact) mass is 461 g/mol. The largest absolute Gasteiger partial charge is 0.480 e. The van der Waals surface area contributed by atoms with Crippen LogP contribution in [0.25, 0.3) is 22.1 Å². The highest BCUT2D eigenvalue weighted by molar-refractivity contribution is 7.99. The van der Waals surface area contributed by atoms with Gasteiger partial charge in [0.1, 0.15) is 12.1 Å². The molecule has 0 fully saturated rings. The molecular formula is C20H14F3N5O3S. The zero-order chi connectivity index (χ0) is 22.9. The smallest absolute Gasteiger partial charge is 0.418 e. The summed E-state index contributed by atoms with van der Waals surface area (Å²) in [4.78, 5) is 27.9. The fourth-order valence-corrected chi connectivity index (χ4v) is 3.78. The third-order valence-electron chi connectivity index (χ3n) is 4.49. The van der Waals surface area contributed by atoms with Crippen molar-refractivity contribution in [2.75, 3.05) is 11.1 Å². The number of alkyl halides is 3. The lowest BCUT2D eigenvalue weighted by Crippen LogP contribution is -2.18. The Morgan fingerprint density at radius 3 is 2.53 bits per heavy atom. The van der Waals surface area contributed by atoms with Crippen LogP contribution in [0.2, 0.25) is 0 Å². The first kappa shape index (κ1) is 21.6. The topological polar surface area (TPSA) is 110 Å². The van der Waals surface area contributed by atoms with Crippen molar-refractivity contribution in [1.29, 1.82) is 0 Å². The lowest BCUT2D eigenvalue weighted by molar-refractivity contribution is -0.138. The summed E-state index contributed by atoms with van der Waals surface area (Å²) in [6, 6.07) is 11.7. The first-order valence-corrected chi connectivity index (χ1v) is 10.1. The summed E-state index contributed by atoms with van der Waals surface area (Å²) in [6.07, 6.45) is -4.60. The summed E-state index contributed by atoms with van der Waals surface area (Å²) in [7, 11) is 0. The van der Waals surface area contributed by atoms with E-state index in [1.54, 1.807) is 24.3 Å². The highest BCUT2D eigenvalue weighted by atomic mass is 32.2. The molecule has 2 aromatic heterocycles. The quantitative estimate of drug-likeness (QED) is 0.420. The maximum absolute atomic E-state index is 13.1. The van der Waals surface area contributed by atoms with E-state index in [0.29, 0.717) is 16.4 Å². The van der Waals surface area contributed by atoms with Gasteiger partial charge in [0.05, 0.1) is 22.5 Å². The molecule has 0 saturated heterocycles. The molecule has 1 amide bonds. The van der Waals surface area contributed by atoms with E-state index in [1.807, 2.05) is 0 Å². The molecule has 0 aliphatic rings. The van der Waals surface area contributed by atoms with Gasteiger partial charge in [-0.25, -0.2) is 4.98 Å². The third kappa shape index (κ3) is 4.35. The maximum atomic E-state index is 13.1. The van der Waals surface area contributed by atoms with Crippen molar-refractivity contribution in [1.82, 2.24) is 19.7 Å². The zero-order valence-corrected chi connectivity index (χ0v) is 16.9. The summed E-state index contributed by atoms with van der Waals surface area (Å²) in [5.41, 5.74) is 0.0246. The second-order valence-electron chi connectivity index (χ2n) is 6.64. The van der Waals surface area contributed by atoms with Gasteiger partial charge in [-0.3, -0.25) is 9.59 Å². The molecule has 4 rings (SSSR count). The van der Waals surface area contributed by atoms with Crippen molar-refractivity contribution in [3.05, 3.63) is 54.1 Å². The fourth-order valence-electron chi connectivity index (χ4n) is 3.20.